The number of aryl methyl sites for hydroxylation is 1. The largest absolute Gasteiger partial charge is 0.355 e. The number of hydrogen-bond acceptors (Lipinski definition) is 6. The minimum absolute atomic E-state index is 0.0972. The van der Waals surface area contributed by atoms with Gasteiger partial charge in [0.05, 0.1) is 10.5 Å². The summed E-state index contributed by atoms with van der Waals surface area (Å²) in [7, 11) is 0. The summed E-state index contributed by atoms with van der Waals surface area (Å²) in [5.41, 5.74) is 1.93. The van der Waals surface area contributed by atoms with E-state index in [9.17, 15) is 9.59 Å². The van der Waals surface area contributed by atoms with Crippen molar-refractivity contribution in [1.29, 1.82) is 0 Å². The van der Waals surface area contributed by atoms with E-state index in [-0.39, 0.29) is 11.5 Å². The Morgan fingerprint density at radius 3 is 2.61 bits per heavy atom. The van der Waals surface area contributed by atoms with Crippen LogP contribution < -0.4 is 10.5 Å². The van der Waals surface area contributed by atoms with E-state index in [1.165, 1.54) is 11.8 Å². The van der Waals surface area contributed by atoms with E-state index in [2.05, 4.69) is 32.6 Å². The van der Waals surface area contributed by atoms with Crippen molar-refractivity contribution in [2.24, 2.45) is 17.8 Å². The lowest BCUT2D eigenvalue weighted by Crippen LogP contribution is -2.40. The van der Waals surface area contributed by atoms with Crippen molar-refractivity contribution in [2.75, 3.05) is 24.5 Å². The Balaban J connectivity index is 1.76. The Morgan fingerprint density at radius 1 is 1.22 bits per heavy atom. The van der Waals surface area contributed by atoms with Gasteiger partial charge < -0.3 is 4.90 Å². The highest BCUT2D eigenvalue weighted by Crippen LogP contribution is 2.35. The SMILES string of the molecule is CCCC[C@H](CC)CN1C(=O)/C(=C/c2c(N3C[C@H](C)C[C@H](C)C3)nc3c(C)cccn3c2=O)SC1=S. The third kappa shape index (κ3) is 5.54. The Morgan fingerprint density at radius 2 is 1.94 bits per heavy atom. The maximum Gasteiger partial charge on any atom is 0.267 e. The number of piperidine rings is 1. The van der Waals surface area contributed by atoms with Crippen LogP contribution in [-0.4, -0.2) is 44.1 Å². The van der Waals surface area contributed by atoms with Gasteiger partial charge in [-0.15, -0.1) is 0 Å². The van der Waals surface area contributed by atoms with E-state index in [1.54, 1.807) is 21.6 Å². The van der Waals surface area contributed by atoms with E-state index in [1.807, 2.05) is 19.1 Å². The summed E-state index contributed by atoms with van der Waals surface area (Å²) < 4.78 is 2.17. The molecule has 36 heavy (non-hydrogen) atoms. The first-order valence-electron chi connectivity index (χ1n) is 13.3. The molecule has 0 saturated carbocycles. The number of nitrogens with zero attached hydrogens (tertiary/aromatic N) is 4. The zero-order valence-corrected chi connectivity index (χ0v) is 23.8. The minimum atomic E-state index is -0.149. The number of aromatic nitrogens is 2. The van der Waals surface area contributed by atoms with Crippen molar-refractivity contribution in [3.63, 3.8) is 0 Å². The molecular weight excluding hydrogens is 488 g/mol. The van der Waals surface area contributed by atoms with Gasteiger partial charge in [0, 0.05) is 25.8 Å². The molecule has 6 nitrogen and oxygen atoms in total. The van der Waals surface area contributed by atoms with Gasteiger partial charge in [-0.3, -0.25) is 18.9 Å². The lowest BCUT2D eigenvalue weighted by Gasteiger charge is -2.36. The zero-order valence-electron chi connectivity index (χ0n) is 22.1. The maximum absolute atomic E-state index is 13.8. The second-order valence-corrected chi connectivity index (χ2v) is 12.3. The highest BCUT2D eigenvalue weighted by atomic mass is 32.2. The van der Waals surface area contributed by atoms with Crippen LogP contribution in [0.25, 0.3) is 11.7 Å². The number of carbonyl (C=O) groups is 1. The van der Waals surface area contributed by atoms with Crippen LogP contribution in [0.15, 0.2) is 28.0 Å². The van der Waals surface area contributed by atoms with Crippen LogP contribution in [0.4, 0.5) is 5.82 Å². The number of anilines is 1. The molecule has 2 aliphatic heterocycles. The van der Waals surface area contributed by atoms with Gasteiger partial charge in [-0.25, -0.2) is 4.98 Å². The average Bonchev–Trinajstić information content (AvgIpc) is 3.10. The Bertz CT molecular complexity index is 1230. The first kappa shape index (κ1) is 26.9. The summed E-state index contributed by atoms with van der Waals surface area (Å²) in [4.78, 5) is 36.7. The maximum atomic E-state index is 13.8. The van der Waals surface area contributed by atoms with Gasteiger partial charge in [0.15, 0.2) is 0 Å². The normalized spacial score (nSPS) is 22.8. The number of carbonyl (C=O) groups excluding carboxylic acids is 1. The predicted molar refractivity (Wildman–Crippen MR) is 155 cm³/mol. The van der Waals surface area contributed by atoms with Crippen LogP contribution in [0.1, 0.15) is 70.9 Å². The number of amides is 1. The second-order valence-electron chi connectivity index (χ2n) is 10.6. The van der Waals surface area contributed by atoms with Crippen molar-refractivity contribution >= 4 is 51.7 Å². The van der Waals surface area contributed by atoms with E-state index in [0.29, 0.717) is 50.6 Å². The lowest BCUT2D eigenvalue weighted by molar-refractivity contribution is -0.122. The van der Waals surface area contributed by atoms with Gasteiger partial charge in [0.25, 0.3) is 11.5 Å². The van der Waals surface area contributed by atoms with E-state index in [0.717, 1.165) is 50.8 Å². The summed E-state index contributed by atoms with van der Waals surface area (Å²) in [5.74, 6) is 2.01. The molecule has 2 saturated heterocycles. The molecule has 0 unspecified atom stereocenters. The van der Waals surface area contributed by atoms with Gasteiger partial charge in [-0.05, 0) is 55.2 Å². The zero-order chi connectivity index (χ0) is 26.0. The molecule has 4 rings (SSSR count). The van der Waals surface area contributed by atoms with Crippen LogP contribution in [0.5, 0.6) is 0 Å². The summed E-state index contributed by atoms with van der Waals surface area (Å²) >= 11 is 6.92. The van der Waals surface area contributed by atoms with Gasteiger partial charge in [0.1, 0.15) is 15.8 Å². The first-order chi connectivity index (χ1) is 17.2. The fourth-order valence-electron chi connectivity index (χ4n) is 5.47. The number of thiocarbonyl (C=S) groups is 1. The molecule has 2 aromatic heterocycles. The van der Waals surface area contributed by atoms with Gasteiger partial charge >= 0.3 is 0 Å². The number of rotatable bonds is 8. The molecule has 0 bridgehead atoms. The van der Waals surface area contributed by atoms with Crippen molar-refractivity contribution in [3.05, 3.63) is 44.7 Å². The molecule has 8 heteroatoms. The average molecular weight is 527 g/mol. The topological polar surface area (TPSA) is 57.9 Å². The molecule has 3 atom stereocenters. The summed E-state index contributed by atoms with van der Waals surface area (Å²) in [6.07, 6.45) is 9.06. The van der Waals surface area contributed by atoms with Crippen LogP contribution in [0.3, 0.4) is 0 Å². The smallest absolute Gasteiger partial charge is 0.267 e. The van der Waals surface area contributed by atoms with E-state index < -0.39 is 0 Å². The predicted octanol–water partition coefficient (Wildman–Crippen LogP) is 5.90. The minimum Gasteiger partial charge on any atom is -0.355 e. The van der Waals surface area contributed by atoms with Crippen molar-refractivity contribution in [1.82, 2.24) is 14.3 Å². The number of unbranched alkanes of at least 4 members (excludes halogenated alkanes) is 1. The molecule has 4 heterocycles. The third-order valence-electron chi connectivity index (χ3n) is 7.37. The highest BCUT2D eigenvalue weighted by molar-refractivity contribution is 8.26. The molecule has 2 fully saturated rings. The van der Waals surface area contributed by atoms with E-state index >= 15 is 0 Å². The van der Waals surface area contributed by atoms with Crippen molar-refractivity contribution in [3.8, 4) is 0 Å². The molecule has 0 aromatic carbocycles. The van der Waals surface area contributed by atoms with Crippen LogP contribution in [0.2, 0.25) is 0 Å². The molecular formula is C28H38N4O2S2. The molecule has 0 aliphatic carbocycles. The number of fused-ring (bicyclic) bond motifs is 1. The summed E-state index contributed by atoms with van der Waals surface area (Å²) in [6, 6.07) is 3.83. The molecule has 194 valence electrons. The van der Waals surface area contributed by atoms with Crippen molar-refractivity contribution < 1.29 is 4.79 Å². The number of pyridine rings is 1. The Kier molecular flexibility index (Phi) is 8.56. The molecule has 0 spiro atoms. The number of hydrogen-bond donors (Lipinski definition) is 0. The third-order valence-corrected chi connectivity index (χ3v) is 8.74. The Hall–Kier alpha value is -2.19. The second kappa shape index (κ2) is 11.5. The Labute approximate surface area is 224 Å². The summed E-state index contributed by atoms with van der Waals surface area (Å²) in [5, 5.41) is 0. The lowest BCUT2D eigenvalue weighted by atomic mass is 9.91. The van der Waals surface area contributed by atoms with Gasteiger partial charge in [0.2, 0.25) is 0 Å². The fourth-order valence-corrected chi connectivity index (χ4v) is 6.72. The summed E-state index contributed by atoms with van der Waals surface area (Å²) in [6.45, 7) is 13.1. The fraction of sp³-hybridized carbons (Fsp3) is 0.571. The van der Waals surface area contributed by atoms with Gasteiger partial charge in [-0.2, -0.15) is 0 Å². The monoisotopic (exact) mass is 526 g/mol. The molecule has 1 amide bonds. The quantitative estimate of drug-likeness (QED) is 0.315. The molecule has 2 aliphatic rings. The van der Waals surface area contributed by atoms with E-state index in [4.69, 9.17) is 17.2 Å². The highest BCUT2D eigenvalue weighted by Gasteiger charge is 2.34. The first-order valence-corrected chi connectivity index (χ1v) is 14.5. The van der Waals surface area contributed by atoms with Crippen LogP contribution in [-0.2, 0) is 4.79 Å². The van der Waals surface area contributed by atoms with Gasteiger partial charge in [-0.1, -0.05) is 77.0 Å². The molecule has 0 N–H and O–H groups in total. The van der Waals surface area contributed by atoms with Crippen LogP contribution in [0, 0.1) is 24.7 Å². The van der Waals surface area contributed by atoms with Crippen LogP contribution >= 0.6 is 24.0 Å². The van der Waals surface area contributed by atoms with Crippen molar-refractivity contribution in [2.45, 2.75) is 66.7 Å². The number of thioether (sulfide) groups is 1. The molecule has 2 aromatic rings. The standard InChI is InChI=1S/C28H38N4O2S2/c1-6-8-11-21(7-2)17-32-27(34)23(36-28(32)35)14-22-25(30-15-18(3)13-19(4)16-30)29-24-20(5)10-9-12-31(24)26(22)33/h9-10,12,14,18-19,21H,6-8,11,13,15-17H2,1-5H3/b23-14-/t18-,19+,21-/m0/s1. The molecule has 0 radical (unpaired) electrons.